The first-order valence-electron chi connectivity index (χ1n) is 5.14. The van der Waals surface area contributed by atoms with Crippen molar-refractivity contribution >= 4 is 29.2 Å². The average Bonchev–Trinajstić information content (AvgIpc) is 2.81. The monoisotopic (exact) mass is 262 g/mol. The number of rotatable bonds is 2. The standard InChI is InChI=1S/C11H10N4S2/c1-16-10-12-13-11-15(10)14-9(7-17-11)8-5-3-2-4-6-8/h2-6H,7H2,1H3. The van der Waals surface area contributed by atoms with E-state index in [0.29, 0.717) is 0 Å². The molecule has 0 atom stereocenters. The Balaban J connectivity index is 2.05. The molecular weight excluding hydrogens is 252 g/mol. The molecule has 17 heavy (non-hydrogen) atoms. The molecule has 86 valence electrons. The van der Waals surface area contributed by atoms with Crippen LogP contribution in [0.15, 0.2) is 45.7 Å². The lowest BCUT2D eigenvalue weighted by atomic mass is 10.1. The van der Waals surface area contributed by atoms with Crippen molar-refractivity contribution in [3.8, 4) is 0 Å². The van der Waals surface area contributed by atoms with Crippen molar-refractivity contribution in [1.82, 2.24) is 14.9 Å². The zero-order valence-corrected chi connectivity index (χ0v) is 10.8. The topological polar surface area (TPSA) is 43.1 Å². The van der Waals surface area contributed by atoms with Gasteiger partial charge in [-0.2, -0.15) is 9.78 Å². The van der Waals surface area contributed by atoms with Crippen LogP contribution in [0.1, 0.15) is 5.56 Å². The molecule has 1 aromatic heterocycles. The van der Waals surface area contributed by atoms with Gasteiger partial charge in [-0.3, -0.25) is 0 Å². The molecule has 2 aromatic rings. The number of aromatic nitrogens is 3. The first kappa shape index (κ1) is 10.9. The van der Waals surface area contributed by atoms with Crippen LogP contribution in [0.5, 0.6) is 0 Å². The summed E-state index contributed by atoms with van der Waals surface area (Å²) in [7, 11) is 0. The third kappa shape index (κ3) is 1.98. The predicted molar refractivity (Wildman–Crippen MR) is 70.9 cm³/mol. The fourth-order valence-corrected chi connectivity index (χ4v) is 2.93. The molecule has 0 spiro atoms. The summed E-state index contributed by atoms with van der Waals surface area (Å²) in [6.07, 6.45) is 1.98. The number of benzene rings is 1. The Kier molecular flexibility index (Phi) is 2.90. The third-order valence-electron chi connectivity index (χ3n) is 2.43. The van der Waals surface area contributed by atoms with E-state index >= 15 is 0 Å². The molecule has 2 heterocycles. The molecule has 1 aliphatic rings. The van der Waals surface area contributed by atoms with Crippen molar-refractivity contribution in [3.05, 3.63) is 35.9 Å². The Morgan fingerprint density at radius 1 is 1.24 bits per heavy atom. The van der Waals surface area contributed by atoms with E-state index in [9.17, 15) is 0 Å². The van der Waals surface area contributed by atoms with E-state index < -0.39 is 0 Å². The number of thioether (sulfide) groups is 2. The minimum Gasteiger partial charge on any atom is -0.181 e. The van der Waals surface area contributed by atoms with E-state index in [2.05, 4.69) is 27.4 Å². The summed E-state index contributed by atoms with van der Waals surface area (Å²) >= 11 is 3.23. The Morgan fingerprint density at radius 3 is 2.82 bits per heavy atom. The Bertz CT molecular complexity index is 562. The summed E-state index contributed by atoms with van der Waals surface area (Å²) in [5.41, 5.74) is 2.23. The van der Waals surface area contributed by atoms with E-state index in [0.717, 1.165) is 27.3 Å². The smallest absolute Gasteiger partial charge is 0.181 e. The van der Waals surface area contributed by atoms with Crippen molar-refractivity contribution in [2.24, 2.45) is 5.10 Å². The summed E-state index contributed by atoms with van der Waals surface area (Å²) in [5, 5.41) is 14.5. The Hall–Kier alpha value is -1.27. The van der Waals surface area contributed by atoms with Crippen LogP contribution in [-0.2, 0) is 0 Å². The first-order valence-corrected chi connectivity index (χ1v) is 7.35. The van der Waals surface area contributed by atoms with Crippen LogP contribution in [-0.4, -0.2) is 32.6 Å². The highest BCUT2D eigenvalue weighted by Gasteiger charge is 2.18. The fraction of sp³-hybridized carbons (Fsp3) is 0.182. The van der Waals surface area contributed by atoms with Crippen LogP contribution in [0.4, 0.5) is 0 Å². The Labute approximate surface area is 108 Å². The molecule has 1 aromatic carbocycles. The summed E-state index contributed by atoms with van der Waals surface area (Å²) in [4.78, 5) is 0. The third-order valence-corrected chi connectivity index (χ3v) is 3.98. The average molecular weight is 262 g/mol. The quantitative estimate of drug-likeness (QED) is 0.779. The lowest BCUT2D eigenvalue weighted by Gasteiger charge is -2.12. The van der Waals surface area contributed by atoms with Crippen molar-refractivity contribution in [2.45, 2.75) is 10.3 Å². The molecule has 0 amide bonds. The highest BCUT2D eigenvalue weighted by Crippen LogP contribution is 2.26. The lowest BCUT2D eigenvalue weighted by molar-refractivity contribution is 0.694. The van der Waals surface area contributed by atoms with Gasteiger partial charge in [0.2, 0.25) is 10.3 Å². The highest BCUT2D eigenvalue weighted by atomic mass is 32.2. The number of hydrogen-bond acceptors (Lipinski definition) is 5. The second-order valence-corrected chi connectivity index (χ2v) is 5.20. The van der Waals surface area contributed by atoms with Crippen LogP contribution in [0.3, 0.4) is 0 Å². The molecule has 0 fully saturated rings. The second-order valence-electron chi connectivity index (χ2n) is 3.48. The SMILES string of the molecule is CSc1nnc2n1N=C(c1ccccc1)CS2. The number of nitrogens with zero attached hydrogens (tertiary/aromatic N) is 4. The minimum atomic E-state index is 0.834. The van der Waals surface area contributed by atoms with E-state index in [1.54, 1.807) is 23.5 Å². The summed E-state index contributed by atoms with van der Waals surface area (Å²) in [6, 6.07) is 10.2. The van der Waals surface area contributed by atoms with Gasteiger partial charge in [-0.15, -0.1) is 10.2 Å². The maximum absolute atomic E-state index is 4.61. The fourth-order valence-electron chi connectivity index (χ4n) is 1.61. The maximum atomic E-state index is 4.61. The predicted octanol–water partition coefficient (Wildman–Crippen LogP) is 2.36. The van der Waals surface area contributed by atoms with Crippen molar-refractivity contribution < 1.29 is 0 Å². The van der Waals surface area contributed by atoms with Gasteiger partial charge in [0.05, 0.1) is 5.71 Å². The molecular formula is C11H10N4S2. The van der Waals surface area contributed by atoms with Crippen molar-refractivity contribution in [2.75, 3.05) is 12.0 Å². The first-order chi connectivity index (χ1) is 8.38. The number of hydrogen-bond donors (Lipinski definition) is 0. The van der Waals surface area contributed by atoms with Crippen LogP contribution in [0.25, 0.3) is 0 Å². The lowest BCUT2D eigenvalue weighted by Crippen LogP contribution is -2.13. The van der Waals surface area contributed by atoms with Gasteiger partial charge in [0, 0.05) is 5.75 Å². The van der Waals surface area contributed by atoms with Gasteiger partial charge in [0.25, 0.3) is 0 Å². The molecule has 0 N–H and O–H groups in total. The van der Waals surface area contributed by atoms with Crippen LogP contribution >= 0.6 is 23.5 Å². The zero-order chi connectivity index (χ0) is 11.7. The molecule has 0 bridgehead atoms. The summed E-state index contributed by atoms with van der Waals surface area (Å²) < 4.78 is 1.82. The normalized spacial score (nSPS) is 14.3. The minimum absolute atomic E-state index is 0.834. The van der Waals surface area contributed by atoms with Crippen LogP contribution < -0.4 is 0 Å². The highest BCUT2D eigenvalue weighted by molar-refractivity contribution is 8.00. The van der Waals surface area contributed by atoms with Crippen molar-refractivity contribution in [3.63, 3.8) is 0 Å². The van der Waals surface area contributed by atoms with Gasteiger partial charge in [0.15, 0.2) is 0 Å². The maximum Gasteiger partial charge on any atom is 0.213 e. The summed E-state index contributed by atoms with van der Waals surface area (Å²) in [5.74, 6) is 0.844. The van der Waals surface area contributed by atoms with Gasteiger partial charge in [-0.25, -0.2) is 0 Å². The van der Waals surface area contributed by atoms with Gasteiger partial charge in [0.1, 0.15) is 0 Å². The number of fused-ring (bicyclic) bond motifs is 1. The largest absolute Gasteiger partial charge is 0.213 e. The van der Waals surface area contributed by atoms with Crippen LogP contribution in [0.2, 0.25) is 0 Å². The van der Waals surface area contributed by atoms with Gasteiger partial charge in [-0.1, -0.05) is 53.9 Å². The van der Waals surface area contributed by atoms with E-state index in [4.69, 9.17) is 0 Å². The van der Waals surface area contributed by atoms with Crippen LogP contribution in [0, 0.1) is 0 Å². The second kappa shape index (κ2) is 4.54. The molecule has 0 aliphatic carbocycles. The molecule has 0 saturated carbocycles. The summed E-state index contributed by atoms with van der Waals surface area (Å²) in [6.45, 7) is 0. The molecule has 4 nitrogen and oxygen atoms in total. The molecule has 0 saturated heterocycles. The van der Waals surface area contributed by atoms with E-state index in [-0.39, 0.29) is 0 Å². The van der Waals surface area contributed by atoms with Gasteiger partial charge < -0.3 is 0 Å². The van der Waals surface area contributed by atoms with Gasteiger partial charge in [-0.05, 0) is 11.8 Å². The van der Waals surface area contributed by atoms with E-state index in [1.165, 1.54) is 0 Å². The zero-order valence-electron chi connectivity index (χ0n) is 9.20. The van der Waals surface area contributed by atoms with E-state index in [1.807, 2.05) is 29.1 Å². The molecule has 0 radical (unpaired) electrons. The molecule has 0 unspecified atom stereocenters. The molecule has 1 aliphatic heterocycles. The van der Waals surface area contributed by atoms with Gasteiger partial charge >= 0.3 is 0 Å². The molecule has 3 rings (SSSR count). The Morgan fingerprint density at radius 2 is 2.06 bits per heavy atom. The van der Waals surface area contributed by atoms with Crippen molar-refractivity contribution in [1.29, 1.82) is 0 Å². The molecule has 6 heteroatoms.